The van der Waals surface area contributed by atoms with E-state index in [1.165, 1.54) is 0 Å². The van der Waals surface area contributed by atoms with Gasteiger partial charge < -0.3 is 20.4 Å². The summed E-state index contributed by atoms with van der Waals surface area (Å²) in [7, 11) is -4.12. The Kier molecular flexibility index (Phi) is 14.2. The summed E-state index contributed by atoms with van der Waals surface area (Å²) >= 11 is 0. The van der Waals surface area contributed by atoms with Crippen LogP contribution in [0.5, 0.6) is 0 Å². The molecule has 0 heterocycles. The minimum atomic E-state index is -4.12. The summed E-state index contributed by atoms with van der Waals surface area (Å²) in [5.41, 5.74) is 0. The van der Waals surface area contributed by atoms with Gasteiger partial charge in [-0.15, -0.1) is 0 Å². The number of rotatable bonds is 16. The first-order valence-corrected chi connectivity index (χ1v) is 11.1. The number of unbranched alkanes of at least 4 members (excludes halogenated alkanes) is 4. The van der Waals surface area contributed by atoms with Crippen molar-refractivity contribution >= 4 is 25.2 Å². The number of hydrogen-bond donors (Lipinski definition) is 4. The lowest BCUT2D eigenvalue weighted by Crippen LogP contribution is -2.25. The predicted molar refractivity (Wildman–Crippen MR) is 99.8 cm³/mol. The van der Waals surface area contributed by atoms with Gasteiger partial charge in [0.05, 0.1) is 6.16 Å². The van der Waals surface area contributed by atoms with Gasteiger partial charge in [0, 0.05) is 38.8 Å². The maximum Gasteiger partial charge on any atom is 0.326 e. The summed E-state index contributed by atoms with van der Waals surface area (Å²) in [5, 5.41) is 5.46. The van der Waals surface area contributed by atoms with Crippen LogP contribution in [0.3, 0.4) is 0 Å². The Labute approximate surface area is 155 Å². The molecule has 0 rings (SSSR count). The highest BCUT2D eigenvalue weighted by Crippen LogP contribution is 2.34. The first kappa shape index (κ1) is 24.8. The Morgan fingerprint density at radius 3 is 1.77 bits per heavy atom. The van der Waals surface area contributed by atoms with Gasteiger partial charge in [0.25, 0.3) is 0 Å². The average molecular weight is 392 g/mol. The minimum Gasteiger partial charge on any atom is -0.356 e. The Bertz CT molecular complexity index is 478. The van der Waals surface area contributed by atoms with Gasteiger partial charge in [0.2, 0.25) is 11.8 Å². The summed E-state index contributed by atoms with van der Waals surface area (Å²) in [6.45, 7) is 2.94. The molecule has 0 aromatic carbocycles. The molecule has 0 unspecified atom stereocenters. The van der Waals surface area contributed by atoms with Crippen LogP contribution >= 0.6 is 7.60 Å². The Morgan fingerprint density at radius 2 is 1.27 bits per heavy atom. The molecule has 0 spiro atoms. The van der Waals surface area contributed by atoms with Gasteiger partial charge >= 0.3 is 7.60 Å². The van der Waals surface area contributed by atoms with Crippen LogP contribution in [-0.2, 0) is 18.9 Å². The second-order valence-corrected chi connectivity index (χ2v) is 8.13. The molecule has 0 radical (unpaired) electrons. The molecule has 8 nitrogen and oxygen atoms in total. The zero-order valence-corrected chi connectivity index (χ0v) is 16.6. The summed E-state index contributed by atoms with van der Waals surface area (Å²) in [5.74, 6) is -0.0703. The van der Waals surface area contributed by atoms with Gasteiger partial charge in [-0.1, -0.05) is 19.8 Å². The van der Waals surface area contributed by atoms with Crippen LogP contribution in [0.25, 0.3) is 0 Å². The number of Topliss-reactive ketones (excluding diaryl/α,β-unsaturated/α-hetero) is 1. The molecule has 0 aromatic heterocycles. The van der Waals surface area contributed by atoms with E-state index in [0.29, 0.717) is 32.4 Å². The van der Waals surface area contributed by atoms with Crippen molar-refractivity contribution in [2.75, 3.05) is 19.3 Å². The zero-order chi connectivity index (χ0) is 19.8. The molecule has 152 valence electrons. The second kappa shape index (κ2) is 14.9. The van der Waals surface area contributed by atoms with Crippen molar-refractivity contribution in [1.82, 2.24) is 10.6 Å². The van der Waals surface area contributed by atoms with Gasteiger partial charge in [-0.25, -0.2) is 0 Å². The molecule has 0 saturated heterocycles. The van der Waals surface area contributed by atoms with E-state index in [9.17, 15) is 18.9 Å². The molecule has 4 N–H and O–H groups in total. The molecule has 0 aromatic rings. The number of nitrogens with one attached hydrogen (secondary N) is 2. The molecule has 0 fully saturated rings. The van der Waals surface area contributed by atoms with Gasteiger partial charge in [0.1, 0.15) is 5.78 Å². The quantitative estimate of drug-likeness (QED) is 0.234. The first-order valence-electron chi connectivity index (χ1n) is 9.34. The summed E-state index contributed by atoms with van der Waals surface area (Å²) in [6.07, 6.45) is 5.99. The van der Waals surface area contributed by atoms with Crippen molar-refractivity contribution in [2.45, 2.75) is 71.1 Å². The van der Waals surface area contributed by atoms with Crippen molar-refractivity contribution in [2.24, 2.45) is 0 Å². The standard InChI is InChI=1S/C17H33N2O6P/c1-2-15(20)9-5-3-7-12-18-16(21)10-6-4-8-13-19-17(22)11-14-26(23,24)25/h2-14H2,1H3,(H,18,21)(H,19,22)(H2,23,24,25). The lowest BCUT2D eigenvalue weighted by atomic mass is 10.1. The molecule has 0 aliphatic rings. The molecule has 0 aliphatic carbocycles. The number of hydrogen-bond acceptors (Lipinski definition) is 4. The molecular formula is C17H33N2O6P. The van der Waals surface area contributed by atoms with Gasteiger partial charge in [-0.3, -0.25) is 18.9 Å². The maximum atomic E-state index is 11.6. The van der Waals surface area contributed by atoms with E-state index in [4.69, 9.17) is 9.79 Å². The molecule has 0 saturated carbocycles. The number of amides is 2. The normalized spacial score (nSPS) is 11.2. The smallest absolute Gasteiger partial charge is 0.326 e. The Hall–Kier alpha value is -1.24. The highest BCUT2D eigenvalue weighted by molar-refractivity contribution is 7.51. The van der Waals surface area contributed by atoms with Crippen LogP contribution in [0.15, 0.2) is 0 Å². The molecule has 9 heteroatoms. The molecule has 0 aliphatic heterocycles. The monoisotopic (exact) mass is 392 g/mol. The van der Waals surface area contributed by atoms with E-state index in [1.54, 1.807) is 0 Å². The number of carbonyl (C=O) groups excluding carboxylic acids is 3. The average Bonchev–Trinajstić information content (AvgIpc) is 2.58. The van der Waals surface area contributed by atoms with Crippen molar-refractivity contribution in [3.63, 3.8) is 0 Å². The van der Waals surface area contributed by atoms with Crippen LogP contribution in [0, 0.1) is 0 Å². The number of ketones is 1. The minimum absolute atomic E-state index is 0.0142. The highest BCUT2D eigenvalue weighted by atomic mass is 31.2. The molecule has 26 heavy (non-hydrogen) atoms. The van der Waals surface area contributed by atoms with Crippen LogP contribution in [0.1, 0.15) is 71.1 Å². The summed E-state index contributed by atoms with van der Waals surface area (Å²) in [4.78, 5) is 51.5. The van der Waals surface area contributed by atoms with E-state index >= 15 is 0 Å². The Morgan fingerprint density at radius 1 is 0.769 bits per heavy atom. The van der Waals surface area contributed by atoms with E-state index in [0.717, 1.165) is 38.5 Å². The summed E-state index contributed by atoms with van der Waals surface area (Å²) in [6, 6.07) is 0. The van der Waals surface area contributed by atoms with Crippen molar-refractivity contribution in [3.05, 3.63) is 0 Å². The topological polar surface area (TPSA) is 133 Å². The van der Waals surface area contributed by atoms with Gasteiger partial charge in [0.15, 0.2) is 0 Å². The molecule has 0 atom stereocenters. The lowest BCUT2D eigenvalue weighted by molar-refractivity contribution is -0.122. The van der Waals surface area contributed by atoms with E-state index in [-0.39, 0.29) is 24.0 Å². The Balaban J connectivity index is 3.42. The fourth-order valence-corrected chi connectivity index (χ4v) is 2.76. The highest BCUT2D eigenvalue weighted by Gasteiger charge is 2.14. The zero-order valence-electron chi connectivity index (χ0n) is 15.7. The van der Waals surface area contributed by atoms with Gasteiger partial charge in [-0.2, -0.15) is 0 Å². The number of carbonyl (C=O) groups is 3. The lowest BCUT2D eigenvalue weighted by Gasteiger charge is -2.07. The molecule has 2 amide bonds. The maximum absolute atomic E-state index is 11.6. The van der Waals surface area contributed by atoms with Crippen LogP contribution < -0.4 is 10.6 Å². The van der Waals surface area contributed by atoms with E-state index in [1.807, 2.05) is 6.92 Å². The van der Waals surface area contributed by atoms with Crippen LogP contribution in [-0.4, -0.2) is 46.6 Å². The first-order chi connectivity index (χ1) is 12.2. The third-order valence-corrected chi connectivity index (χ3v) is 4.69. The fraction of sp³-hybridized carbons (Fsp3) is 0.824. The largest absolute Gasteiger partial charge is 0.356 e. The van der Waals surface area contributed by atoms with E-state index < -0.39 is 13.8 Å². The third-order valence-electron chi connectivity index (χ3n) is 3.88. The second-order valence-electron chi connectivity index (χ2n) is 6.35. The molecular weight excluding hydrogens is 359 g/mol. The SMILES string of the molecule is CCC(=O)CCCCCNC(=O)CCCCCNC(=O)CCP(=O)(O)O. The predicted octanol–water partition coefficient (Wildman–Crippen LogP) is 1.89. The van der Waals surface area contributed by atoms with Crippen molar-refractivity contribution < 1.29 is 28.7 Å². The molecule has 0 bridgehead atoms. The third kappa shape index (κ3) is 17.6. The van der Waals surface area contributed by atoms with Gasteiger partial charge in [-0.05, 0) is 25.7 Å². The van der Waals surface area contributed by atoms with Crippen LogP contribution in [0.2, 0.25) is 0 Å². The van der Waals surface area contributed by atoms with Crippen LogP contribution in [0.4, 0.5) is 0 Å². The van der Waals surface area contributed by atoms with E-state index in [2.05, 4.69) is 10.6 Å². The summed E-state index contributed by atoms with van der Waals surface area (Å²) < 4.78 is 10.6. The van der Waals surface area contributed by atoms with Crippen molar-refractivity contribution in [3.8, 4) is 0 Å². The fourth-order valence-electron chi connectivity index (χ4n) is 2.27. The van der Waals surface area contributed by atoms with Crippen molar-refractivity contribution in [1.29, 1.82) is 0 Å².